The summed E-state index contributed by atoms with van der Waals surface area (Å²) in [7, 11) is 1.63. The van der Waals surface area contributed by atoms with Gasteiger partial charge in [0.2, 0.25) is 11.8 Å². The lowest BCUT2D eigenvalue weighted by atomic mass is 9.97. The molecule has 30 heavy (non-hydrogen) atoms. The lowest BCUT2D eigenvalue weighted by Crippen LogP contribution is -2.39. The van der Waals surface area contributed by atoms with Gasteiger partial charge in [-0.05, 0) is 36.8 Å². The number of methoxy groups -OCH3 is 1. The number of piperidine rings is 1. The number of amides is 1. The number of benzene rings is 1. The molecule has 158 valence electrons. The number of likely N-dealkylation sites (tertiary alicyclic amines) is 1. The summed E-state index contributed by atoms with van der Waals surface area (Å²) < 4.78 is 10.5. The molecule has 1 aromatic carbocycles. The molecule has 0 bridgehead atoms. The molecule has 1 atom stereocenters. The van der Waals surface area contributed by atoms with E-state index in [0.29, 0.717) is 49.7 Å². The minimum atomic E-state index is -0.229. The second kappa shape index (κ2) is 9.34. The Morgan fingerprint density at radius 2 is 2.07 bits per heavy atom. The second-order valence-electron chi connectivity index (χ2n) is 7.81. The van der Waals surface area contributed by atoms with Crippen LogP contribution >= 0.6 is 0 Å². The van der Waals surface area contributed by atoms with Crippen molar-refractivity contribution in [2.45, 2.75) is 51.0 Å². The van der Waals surface area contributed by atoms with Gasteiger partial charge in [0.1, 0.15) is 6.04 Å². The van der Waals surface area contributed by atoms with Gasteiger partial charge in [0.15, 0.2) is 11.6 Å². The van der Waals surface area contributed by atoms with Crippen LogP contribution in [0, 0.1) is 0 Å². The minimum Gasteiger partial charge on any atom is -0.384 e. The first-order valence-electron chi connectivity index (χ1n) is 10.6. The lowest BCUT2D eigenvalue weighted by Gasteiger charge is -2.33. The molecule has 2 aromatic rings. The zero-order chi connectivity index (χ0) is 20.9. The molecule has 0 radical (unpaired) electrons. The van der Waals surface area contributed by atoms with Gasteiger partial charge in [0, 0.05) is 32.1 Å². The van der Waals surface area contributed by atoms with Crippen LogP contribution in [-0.4, -0.2) is 47.0 Å². The quantitative estimate of drug-likeness (QED) is 0.696. The number of aromatic nitrogens is 2. The minimum absolute atomic E-state index is 0.0463. The molecule has 1 aliphatic carbocycles. The van der Waals surface area contributed by atoms with E-state index in [1.165, 1.54) is 0 Å². The molecule has 1 aliphatic heterocycles. The Kier molecular flexibility index (Phi) is 6.38. The molecule has 1 amide bonds. The Bertz CT molecular complexity index is 935. The predicted molar refractivity (Wildman–Crippen MR) is 110 cm³/mol. The van der Waals surface area contributed by atoms with Crippen molar-refractivity contribution in [1.82, 2.24) is 15.0 Å². The number of nitrogens with zero attached hydrogens (tertiary/aromatic N) is 3. The summed E-state index contributed by atoms with van der Waals surface area (Å²) in [4.78, 5) is 32.1. The summed E-state index contributed by atoms with van der Waals surface area (Å²) in [6.45, 7) is 1.16. The van der Waals surface area contributed by atoms with E-state index in [4.69, 9.17) is 9.26 Å². The van der Waals surface area contributed by atoms with Gasteiger partial charge in [0.25, 0.3) is 0 Å². The summed E-state index contributed by atoms with van der Waals surface area (Å²) >= 11 is 0. The van der Waals surface area contributed by atoms with Crippen LogP contribution in [0.15, 0.2) is 40.4 Å². The maximum absolute atomic E-state index is 13.3. The number of carbonyl (C=O) groups excluding carboxylic acids is 2. The third-order valence-corrected chi connectivity index (χ3v) is 5.87. The van der Waals surface area contributed by atoms with E-state index in [9.17, 15) is 9.59 Å². The summed E-state index contributed by atoms with van der Waals surface area (Å²) in [5, 5.41) is 4.02. The molecule has 0 saturated carbocycles. The molecule has 1 unspecified atom stereocenters. The fraction of sp³-hybridized carbons (Fsp3) is 0.478. The first-order valence-corrected chi connectivity index (χ1v) is 10.6. The average molecular weight is 409 g/mol. The van der Waals surface area contributed by atoms with E-state index >= 15 is 0 Å². The zero-order valence-corrected chi connectivity index (χ0v) is 17.3. The maximum atomic E-state index is 13.3. The van der Waals surface area contributed by atoms with Crippen LogP contribution in [0.5, 0.6) is 0 Å². The Morgan fingerprint density at radius 3 is 2.87 bits per heavy atom. The molecule has 2 aliphatic rings. The number of hydrogen-bond acceptors (Lipinski definition) is 6. The Labute approximate surface area is 176 Å². The van der Waals surface area contributed by atoms with Gasteiger partial charge in [-0.2, -0.15) is 4.98 Å². The Balaban J connectivity index is 1.53. The van der Waals surface area contributed by atoms with Crippen LogP contribution in [0.4, 0.5) is 0 Å². The summed E-state index contributed by atoms with van der Waals surface area (Å²) in [6.07, 6.45) is 4.60. The third-order valence-electron chi connectivity index (χ3n) is 5.87. The van der Waals surface area contributed by atoms with Gasteiger partial charge >= 0.3 is 0 Å². The summed E-state index contributed by atoms with van der Waals surface area (Å²) in [6, 6.07) is 9.65. The van der Waals surface area contributed by atoms with Crippen molar-refractivity contribution in [2.75, 3.05) is 20.3 Å². The molecule has 4 rings (SSSR count). The van der Waals surface area contributed by atoms with Crippen LogP contribution < -0.4 is 0 Å². The summed E-state index contributed by atoms with van der Waals surface area (Å²) in [5.74, 6) is 1.10. The highest BCUT2D eigenvalue weighted by molar-refractivity contribution is 6.10. The lowest BCUT2D eigenvalue weighted by molar-refractivity contribution is -0.135. The predicted octanol–water partition coefficient (Wildman–Crippen LogP) is 3.52. The van der Waals surface area contributed by atoms with E-state index in [-0.39, 0.29) is 24.2 Å². The van der Waals surface area contributed by atoms with Crippen LogP contribution in [0.25, 0.3) is 5.57 Å². The Morgan fingerprint density at radius 1 is 1.23 bits per heavy atom. The highest BCUT2D eigenvalue weighted by Crippen LogP contribution is 2.36. The fourth-order valence-corrected chi connectivity index (χ4v) is 4.31. The van der Waals surface area contributed by atoms with E-state index in [1.54, 1.807) is 7.11 Å². The Hall–Kier alpha value is -2.80. The molecule has 1 aromatic heterocycles. The number of rotatable bonds is 7. The van der Waals surface area contributed by atoms with E-state index in [2.05, 4.69) is 10.1 Å². The molecular formula is C23H27N3O4. The van der Waals surface area contributed by atoms with Crippen molar-refractivity contribution in [1.29, 1.82) is 0 Å². The fourth-order valence-electron chi connectivity index (χ4n) is 4.31. The zero-order valence-electron chi connectivity index (χ0n) is 17.3. The van der Waals surface area contributed by atoms with Crippen molar-refractivity contribution in [3.05, 3.63) is 53.2 Å². The first kappa shape index (κ1) is 20.5. The topological polar surface area (TPSA) is 85.5 Å². The van der Waals surface area contributed by atoms with Gasteiger partial charge in [-0.3, -0.25) is 9.59 Å². The van der Waals surface area contributed by atoms with Gasteiger partial charge in [-0.15, -0.1) is 0 Å². The second-order valence-corrected chi connectivity index (χ2v) is 7.81. The van der Waals surface area contributed by atoms with Crippen molar-refractivity contribution in [2.24, 2.45) is 0 Å². The van der Waals surface area contributed by atoms with E-state index in [0.717, 1.165) is 30.4 Å². The normalized spacial score (nSPS) is 19.6. The van der Waals surface area contributed by atoms with Gasteiger partial charge in [-0.25, -0.2) is 0 Å². The van der Waals surface area contributed by atoms with Crippen molar-refractivity contribution in [3.63, 3.8) is 0 Å². The highest BCUT2D eigenvalue weighted by atomic mass is 16.5. The number of Topliss-reactive ketones (excluding diaryl/α,β-unsaturated/α-hetero) is 1. The van der Waals surface area contributed by atoms with Crippen LogP contribution in [0.1, 0.15) is 61.8 Å². The maximum Gasteiger partial charge on any atom is 0.249 e. The average Bonchev–Trinajstić information content (AvgIpc) is 3.40. The number of allylic oxidation sites excluding steroid dienone is 1. The first-order chi connectivity index (χ1) is 14.7. The third kappa shape index (κ3) is 4.36. The SMILES string of the molecule is COCCc1noc(C2CCCCN2C(=O)CC2=C(c3ccccc3)CCC2=O)n1. The molecule has 1 fully saturated rings. The number of ketones is 1. The number of hydrogen-bond donors (Lipinski definition) is 0. The van der Waals surface area contributed by atoms with Crippen molar-refractivity contribution < 1.29 is 18.8 Å². The van der Waals surface area contributed by atoms with Crippen LogP contribution in [0.3, 0.4) is 0 Å². The number of carbonyl (C=O) groups is 2. The molecule has 0 spiro atoms. The molecule has 0 N–H and O–H groups in total. The monoisotopic (exact) mass is 409 g/mol. The largest absolute Gasteiger partial charge is 0.384 e. The standard InChI is InChI=1S/C23H27N3O4/c1-29-14-12-21-24-23(30-25-21)19-9-5-6-13-26(19)22(28)15-18-17(10-11-20(18)27)16-7-3-2-4-8-16/h2-4,7-8,19H,5-6,9-15H2,1H3. The van der Waals surface area contributed by atoms with Gasteiger partial charge in [0.05, 0.1) is 13.0 Å². The van der Waals surface area contributed by atoms with Crippen molar-refractivity contribution >= 4 is 17.3 Å². The molecule has 7 nitrogen and oxygen atoms in total. The molecule has 1 saturated heterocycles. The van der Waals surface area contributed by atoms with Gasteiger partial charge in [-0.1, -0.05) is 35.5 Å². The number of ether oxygens (including phenoxy) is 1. The van der Waals surface area contributed by atoms with E-state index in [1.807, 2.05) is 35.2 Å². The van der Waals surface area contributed by atoms with Crippen LogP contribution in [0.2, 0.25) is 0 Å². The molecule has 2 heterocycles. The smallest absolute Gasteiger partial charge is 0.249 e. The van der Waals surface area contributed by atoms with Crippen LogP contribution in [-0.2, 0) is 20.7 Å². The van der Waals surface area contributed by atoms with Crippen molar-refractivity contribution in [3.8, 4) is 0 Å². The van der Waals surface area contributed by atoms with E-state index < -0.39 is 0 Å². The molecule has 7 heteroatoms. The van der Waals surface area contributed by atoms with Gasteiger partial charge < -0.3 is 14.2 Å². The molecular weight excluding hydrogens is 382 g/mol. The summed E-state index contributed by atoms with van der Waals surface area (Å²) in [5.41, 5.74) is 2.69. The highest BCUT2D eigenvalue weighted by Gasteiger charge is 2.34.